The van der Waals surface area contributed by atoms with Gasteiger partial charge in [-0.2, -0.15) is 4.80 Å². The summed E-state index contributed by atoms with van der Waals surface area (Å²) in [6.07, 6.45) is 0.808. The molecule has 0 bridgehead atoms. The summed E-state index contributed by atoms with van der Waals surface area (Å²) in [4.78, 5) is 20.6. The van der Waals surface area contributed by atoms with Crippen molar-refractivity contribution in [2.75, 3.05) is 38.6 Å². The molecule has 1 aliphatic heterocycles. The molecule has 1 aliphatic rings. The first-order valence-corrected chi connectivity index (χ1v) is 10.0. The van der Waals surface area contributed by atoms with Gasteiger partial charge in [-0.1, -0.05) is 6.07 Å². The van der Waals surface area contributed by atoms with Crippen molar-refractivity contribution < 1.29 is 24.6 Å². The van der Waals surface area contributed by atoms with E-state index in [0.29, 0.717) is 48.0 Å². The lowest BCUT2D eigenvalue weighted by Crippen LogP contribution is -3.06. The summed E-state index contributed by atoms with van der Waals surface area (Å²) in [7, 11) is 4.11. The Hall–Kier alpha value is -3.44. The summed E-state index contributed by atoms with van der Waals surface area (Å²) in [5, 5.41) is 12.4. The van der Waals surface area contributed by atoms with Crippen molar-refractivity contribution in [3.63, 3.8) is 0 Å². The van der Waals surface area contributed by atoms with E-state index in [0.717, 1.165) is 6.54 Å². The number of likely N-dealkylation sites (N-methyl/N-ethyl adjacent to an activating group) is 1. The number of rotatable bonds is 7. The molecule has 0 aliphatic carbocycles. The second kappa shape index (κ2) is 8.74. The maximum Gasteiger partial charge on any atom is 0.414 e. The normalized spacial score (nSPS) is 16.2. The minimum Gasteiger partial charge on any atom is -0.438 e. The van der Waals surface area contributed by atoms with Crippen molar-refractivity contribution in [2.45, 2.75) is 12.6 Å². The standard InChI is InChI=1S/C20H23FN8O2/c1-27(2)7-8-29-25-19(24-26-29)18-6-3-13(11-23-18)16-5-4-14(9-17(16)21)28-12-15(10-22)31-20(28)30/h3-6,9,11,15H,7-8,10,12,22H2,1-2H3/p+2/t15-/m0/s1. The quantitative estimate of drug-likeness (QED) is 0.511. The van der Waals surface area contributed by atoms with E-state index in [4.69, 9.17) is 4.74 Å². The van der Waals surface area contributed by atoms with Gasteiger partial charge in [-0.25, -0.2) is 9.18 Å². The van der Waals surface area contributed by atoms with Gasteiger partial charge in [0.2, 0.25) is 5.82 Å². The van der Waals surface area contributed by atoms with Crippen LogP contribution in [0.25, 0.3) is 22.6 Å². The van der Waals surface area contributed by atoms with E-state index in [-0.39, 0.29) is 6.10 Å². The third kappa shape index (κ3) is 4.52. The van der Waals surface area contributed by atoms with Crippen LogP contribution >= 0.6 is 0 Å². The Balaban J connectivity index is 1.50. The molecule has 4 N–H and O–H groups in total. The number of halogens is 1. The smallest absolute Gasteiger partial charge is 0.414 e. The fraction of sp³-hybridized carbons (Fsp3) is 0.350. The molecule has 31 heavy (non-hydrogen) atoms. The highest BCUT2D eigenvalue weighted by Gasteiger charge is 2.32. The average molecular weight is 428 g/mol. The van der Waals surface area contributed by atoms with Crippen LogP contribution in [-0.4, -0.2) is 71.1 Å². The topological polar surface area (TPSA) is 118 Å². The van der Waals surface area contributed by atoms with Crippen molar-refractivity contribution in [3.8, 4) is 22.6 Å². The maximum atomic E-state index is 14.8. The summed E-state index contributed by atoms with van der Waals surface area (Å²) < 4.78 is 20.0. The van der Waals surface area contributed by atoms with Gasteiger partial charge >= 0.3 is 6.09 Å². The van der Waals surface area contributed by atoms with Crippen molar-refractivity contribution >= 4 is 11.8 Å². The minimum absolute atomic E-state index is 0.275. The SMILES string of the molecule is C[NH+](C)CCn1nnc(-c2ccc(-c3ccc(N4C[C@H](C[NH3+])OC4=O)cc3F)cn2)n1. The molecule has 10 nitrogen and oxygen atoms in total. The largest absolute Gasteiger partial charge is 0.438 e. The van der Waals surface area contributed by atoms with Crippen molar-refractivity contribution in [1.82, 2.24) is 25.2 Å². The van der Waals surface area contributed by atoms with Gasteiger partial charge in [0.05, 0.1) is 32.9 Å². The second-order valence-electron chi connectivity index (χ2n) is 7.67. The first-order valence-electron chi connectivity index (χ1n) is 10.0. The lowest BCUT2D eigenvalue weighted by Gasteiger charge is -2.14. The third-order valence-corrected chi connectivity index (χ3v) is 5.03. The summed E-state index contributed by atoms with van der Waals surface area (Å²) in [6, 6.07) is 8.14. The lowest BCUT2D eigenvalue weighted by atomic mass is 10.1. The van der Waals surface area contributed by atoms with Gasteiger partial charge < -0.3 is 15.4 Å². The van der Waals surface area contributed by atoms with E-state index in [9.17, 15) is 9.18 Å². The van der Waals surface area contributed by atoms with Crippen molar-refractivity contribution in [2.24, 2.45) is 0 Å². The molecular weight excluding hydrogens is 403 g/mol. The van der Waals surface area contributed by atoms with E-state index in [1.54, 1.807) is 35.3 Å². The number of nitrogens with one attached hydrogen (secondary N) is 1. The molecule has 3 aromatic rings. The second-order valence-corrected chi connectivity index (χ2v) is 7.67. The number of hydrogen-bond acceptors (Lipinski definition) is 6. The first-order chi connectivity index (χ1) is 14.9. The molecule has 4 rings (SSSR count). The third-order valence-electron chi connectivity index (χ3n) is 5.03. The maximum absolute atomic E-state index is 14.8. The van der Waals surface area contributed by atoms with E-state index in [2.05, 4.69) is 40.2 Å². The van der Waals surface area contributed by atoms with Gasteiger partial charge in [-0.05, 0) is 29.5 Å². The molecular formula is C20H25FN8O2+2. The summed E-state index contributed by atoms with van der Waals surface area (Å²) in [5.74, 6) is -0.0307. The van der Waals surface area contributed by atoms with Crippen LogP contribution in [-0.2, 0) is 11.3 Å². The number of nitrogens with zero attached hydrogens (tertiary/aromatic N) is 6. The summed E-state index contributed by atoms with van der Waals surface area (Å²) >= 11 is 0. The summed E-state index contributed by atoms with van der Waals surface area (Å²) in [6.45, 7) is 2.37. The first kappa shape index (κ1) is 20.8. The molecule has 0 saturated carbocycles. The summed E-state index contributed by atoms with van der Waals surface area (Å²) in [5.41, 5.74) is 5.75. The zero-order chi connectivity index (χ0) is 22.0. The Morgan fingerprint density at radius 2 is 2.13 bits per heavy atom. The van der Waals surface area contributed by atoms with Gasteiger partial charge in [-0.15, -0.1) is 10.2 Å². The molecule has 1 amide bonds. The van der Waals surface area contributed by atoms with Crippen LogP contribution in [0, 0.1) is 5.82 Å². The number of aromatic nitrogens is 5. The number of cyclic esters (lactones) is 1. The lowest BCUT2D eigenvalue weighted by molar-refractivity contribution is -0.859. The van der Waals surface area contributed by atoms with Crippen molar-refractivity contribution in [3.05, 3.63) is 42.3 Å². The number of amides is 1. The molecule has 162 valence electrons. The Morgan fingerprint density at radius 1 is 1.29 bits per heavy atom. The van der Waals surface area contributed by atoms with Crippen LogP contribution < -0.4 is 15.5 Å². The number of pyridine rings is 1. The molecule has 3 heterocycles. The van der Waals surface area contributed by atoms with Crippen LogP contribution in [0.4, 0.5) is 14.9 Å². The monoisotopic (exact) mass is 428 g/mol. The molecule has 11 heteroatoms. The number of ether oxygens (including phenoxy) is 1. The van der Waals surface area contributed by atoms with Crippen LogP contribution in [0.15, 0.2) is 36.5 Å². The molecule has 1 aromatic carbocycles. The van der Waals surface area contributed by atoms with E-state index in [1.807, 2.05) is 0 Å². The van der Waals surface area contributed by atoms with Crippen LogP contribution in [0.2, 0.25) is 0 Å². The highest BCUT2D eigenvalue weighted by atomic mass is 19.1. The Morgan fingerprint density at radius 3 is 2.77 bits per heavy atom. The molecule has 0 unspecified atom stereocenters. The molecule has 0 radical (unpaired) electrons. The van der Waals surface area contributed by atoms with Crippen LogP contribution in [0.3, 0.4) is 0 Å². The van der Waals surface area contributed by atoms with Crippen LogP contribution in [0.1, 0.15) is 0 Å². The Labute approximate surface area is 178 Å². The number of benzene rings is 1. The highest BCUT2D eigenvalue weighted by Crippen LogP contribution is 2.29. The van der Waals surface area contributed by atoms with E-state index in [1.165, 1.54) is 15.9 Å². The predicted octanol–water partition coefficient (Wildman–Crippen LogP) is -0.747. The molecule has 1 fully saturated rings. The number of quaternary nitrogens is 2. The van der Waals surface area contributed by atoms with Crippen molar-refractivity contribution in [1.29, 1.82) is 0 Å². The van der Waals surface area contributed by atoms with Gasteiger partial charge in [-0.3, -0.25) is 9.88 Å². The number of carbonyl (C=O) groups excluding carboxylic acids is 1. The number of tetrazole rings is 1. The zero-order valence-corrected chi connectivity index (χ0v) is 17.5. The zero-order valence-electron chi connectivity index (χ0n) is 17.5. The highest BCUT2D eigenvalue weighted by molar-refractivity contribution is 5.90. The van der Waals surface area contributed by atoms with Gasteiger partial charge in [0.25, 0.3) is 0 Å². The van der Waals surface area contributed by atoms with E-state index < -0.39 is 11.9 Å². The Kier molecular flexibility index (Phi) is 5.87. The number of carbonyl (C=O) groups is 1. The van der Waals surface area contributed by atoms with Gasteiger partial charge in [0.15, 0.2) is 6.10 Å². The van der Waals surface area contributed by atoms with Gasteiger partial charge in [0, 0.05) is 17.3 Å². The average Bonchev–Trinajstić information content (AvgIpc) is 3.39. The fourth-order valence-electron chi connectivity index (χ4n) is 3.24. The molecule has 1 saturated heterocycles. The van der Waals surface area contributed by atoms with Crippen LogP contribution in [0.5, 0.6) is 0 Å². The predicted molar refractivity (Wildman–Crippen MR) is 109 cm³/mol. The Bertz CT molecular complexity index is 1070. The molecule has 1 atom stereocenters. The van der Waals surface area contributed by atoms with E-state index >= 15 is 0 Å². The fourth-order valence-corrected chi connectivity index (χ4v) is 3.24. The number of anilines is 1. The number of hydrogen-bond donors (Lipinski definition) is 2. The molecule has 2 aromatic heterocycles. The molecule has 0 spiro atoms. The van der Waals surface area contributed by atoms with Gasteiger partial charge in [0.1, 0.15) is 24.6 Å². The minimum atomic E-state index is -0.487.